The van der Waals surface area contributed by atoms with Crippen molar-refractivity contribution in [3.63, 3.8) is 0 Å². The second-order valence-corrected chi connectivity index (χ2v) is 6.12. The summed E-state index contributed by atoms with van der Waals surface area (Å²) in [7, 11) is 0. The Labute approximate surface area is 119 Å². The Hall–Kier alpha value is -2.14. The number of anilines is 1. The molecule has 1 aliphatic rings. The molecule has 0 saturated carbocycles. The largest absolute Gasteiger partial charge is 0.381 e. The lowest BCUT2D eigenvalue weighted by Gasteiger charge is -2.09. The van der Waals surface area contributed by atoms with Gasteiger partial charge in [0.1, 0.15) is 4.88 Å². The van der Waals surface area contributed by atoms with Crippen molar-refractivity contribution >= 4 is 43.9 Å². The van der Waals surface area contributed by atoms with Crippen molar-refractivity contribution < 1.29 is 4.79 Å². The second-order valence-electron chi connectivity index (χ2n) is 5.07. The molecule has 0 saturated heterocycles. The summed E-state index contributed by atoms with van der Waals surface area (Å²) in [6.45, 7) is 2.74. The third kappa shape index (κ3) is 1.59. The molecule has 20 heavy (non-hydrogen) atoms. The van der Waals surface area contributed by atoms with Crippen LogP contribution in [0.1, 0.15) is 16.6 Å². The number of rotatable bonds is 0. The Morgan fingerprint density at radius 2 is 2.25 bits per heavy atom. The van der Waals surface area contributed by atoms with Gasteiger partial charge in [-0.3, -0.25) is 9.78 Å². The van der Waals surface area contributed by atoms with Gasteiger partial charge in [0, 0.05) is 34.3 Å². The number of amides is 1. The quantitative estimate of drug-likeness (QED) is 0.667. The molecule has 1 aliphatic heterocycles. The maximum Gasteiger partial charge on any atom is 0.263 e. The van der Waals surface area contributed by atoms with Crippen LogP contribution in [0.2, 0.25) is 0 Å². The number of hydrogen-bond donors (Lipinski definition) is 2. The Balaban J connectivity index is 2.09. The van der Waals surface area contributed by atoms with Gasteiger partial charge in [0.05, 0.1) is 11.2 Å². The topological polar surface area (TPSA) is 54.0 Å². The molecule has 0 spiro atoms. The normalized spacial score (nSPS) is 18.4. The van der Waals surface area contributed by atoms with Crippen molar-refractivity contribution in [3.05, 3.63) is 35.3 Å². The van der Waals surface area contributed by atoms with Gasteiger partial charge in [0.2, 0.25) is 0 Å². The molecule has 2 aromatic heterocycles. The van der Waals surface area contributed by atoms with Crippen LogP contribution >= 0.6 is 11.3 Å². The number of thiophene rings is 1. The Morgan fingerprint density at radius 1 is 1.35 bits per heavy atom. The fraction of sp³-hybridized carbons (Fsp3) is 0.200. The van der Waals surface area contributed by atoms with Crippen molar-refractivity contribution in [3.8, 4) is 0 Å². The van der Waals surface area contributed by atoms with Gasteiger partial charge in [-0.2, -0.15) is 0 Å². The van der Waals surface area contributed by atoms with Crippen LogP contribution in [0.4, 0.5) is 5.69 Å². The molecule has 0 unspecified atom stereocenters. The van der Waals surface area contributed by atoms with Gasteiger partial charge in [0.25, 0.3) is 5.91 Å². The standard InChI is InChI=1S/C15H13N3OS/c1-8-7-17-13-12-9-3-2-6-16-10(9)4-5-11(12)20-14(13)15(19)18-8/h2-6,8,17H,7H2,1H3,(H,18,19)/t8-/m0/s1. The van der Waals surface area contributed by atoms with Crippen LogP contribution in [0, 0.1) is 0 Å². The van der Waals surface area contributed by atoms with Crippen molar-refractivity contribution in [1.29, 1.82) is 0 Å². The fourth-order valence-corrected chi connectivity index (χ4v) is 3.77. The van der Waals surface area contributed by atoms with Crippen molar-refractivity contribution in [2.24, 2.45) is 0 Å². The summed E-state index contributed by atoms with van der Waals surface area (Å²) in [5.74, 6) is 0.00994. The first kappa shape index (κ1) is 11.7. The summed E-state index contributed by atoms with van der Waals surface area (Å²) in [6, 6.07) is 8.18. The van der Waals surface area contributed by atoms with E-state index in [4.69, 9.17) is 0 Å². The predicted molar refractivity (Wildman–Crippen MR) is 82.5 cm³/mol. The van der Waals surface area contributed by atoms with Crippen molar-refractivity contribution in [1.82, 2.24) is 10.3 Å². The molecular formula is C15H13N3OS. The van der Waals surface area contributed by atoms with Crippen LogP contribution < -0.4 is 10.6 Å². The van der Waals surface area contributed by atoms with Gasteiger partial charge in [0.15, 0.2) is 0 Å². The lowest BCUT2D eigenvalue weighted by Crippen LogP contribution is -2.34. The minimum Gasteiger partial charge on any atom is -0.381 e. The SMILES string of the molecule is C[C@H]1CNc2c(sc3ccc4ncccc4c23)C(=O)N1. The minimum absolute atomic E-state index is 0.00994. The monoisotopic (exact) mass is 283 g/mol. The molecule has 1 atom stereocenters. The van der Waals surface area contributed by atoms with E-state index in [2.05, 4.69) is 21.7 Å². The number of fused-ring (bicyclic) bond motifs is 5. The molecule has 4 rings (SSSR count). The van der Waals surface area contributed by atoms with Gasteiger partial charge in [-0.15, -0.1) is 11.3 Å². The summed E-state index contributed by atoms with van der Waals surface area (Å²) in [6.07, 6.45) is 1.79. The average Bonchev–Trinajstić information content (AvgIpc) is 2.78. The Bertz CT molecular complexity index is 840. The van der Waals surface area contributed by atoms with Gasteiger partial charge in [-0.05, 0) is 25.1 Å². The molecule has 0 radical (unpaired) electrons. The molecule has 1 aromatic carbocycles. The fourth-order valence-electron chi connectivity index (χ4n) is 2.67. The highest BCUT2D eigenvalue weighted by Crippen LogP contribution is 2.40. The smallest absolute Gasteiger partial charge is 0.263 e. The first-order chi connectivity index (χ1) is 9.74. The van der Waals surface area contributed by atoms with Crippen LogP contribution in [0.3, 0.4) is 0 Å². The van der Waals surface area contributed by atoms with Crippen LogP contribution in [-0.4, -0.2) is 23.5 Å². The molecule has 1 amide bonds. The highest BCUT2D eigenvalue weighted by molar-refractivity contribution is 7.21. The zero-order valence-corrected chi connectivity index (χ0v) is 11.8. The van der Waals surface area contributed by atoms with Crippen LogP contribution in [0.5, 0.6) is 0 Å². The number of hydrogen-bond acceptors (Lipinski definition) is 4. The number of carbonyl (C=O) groups excluding carboxylic acids is 1. The van der Waals surface area contributed by atoms with E-state index < -0.39 is 0 Å². The lowest BCUT2D eigenvalue weighted by molar-refractivity contribution is 0.0949. The molecule has 3 heterocycles. The van der Waals surface area contributed by atoms with E-state index in [0.29, 0.717) is 0 Å². The number of carbonyl (C=O) groups is 1. The van der Waals surface area contributed by atoms with E-state index >= 15 is 0 Å². The third-order valence-corrected chi connectivity index (χ3v) is 4.76. The predicted octanol–water partition coefficient (Wildman–Crippen LogP) is 2.99. The molecule has 4 nitrogen and oxygen atoms in total. The molecule has 0 bridgehead atoms. The van der Waals surface area contributed by atoms with Crippen LogP contribution in [0.15, 0.2) is 30.5 Å². The van der Waals surface area contributed by atoms with Crippen LogP contribution in [0.25, 0.3) is 21.0 Å². The first-order valence-electron chi connectivity index (χ1n) is 6.59. The van der Waals surface area contributed by atoms with E-state index in [0.717, 1.165) is 38.1 Å². The zero-order valence-electron chi connectivity index (χ0n) is 10.9. The maximum absolute atomic E-state index is 12.3. The molecule has 0 aliphatic carbocycles. The summed E-state index contributed by atoms with van der Waals surface area (Å²) in [5, 5.41) is 8.63. The highest BCUT2D eigenvalue weighted by Gasteiger charge is 2.24. The summed E-state index contributed by atoms with van der Waals surface area (Å²) in [5.41, 5.74) is 1.91. The van der Waals surface area contributed by atoms with Crippen LogP contribution in [-0.2, 0) is 0 Å². The highest BCUT2D eigenvalue weighted by atomic mass is 32.1. The summed E-state index contributed by atoms with van der Waals surface area (Å²) >= 11 is 1.54. The van der Waals surface area contributed by atoms with E-state index in [1.807, 2.05) is 25.1 Å². The Morgan fingerprint density at radius 3 is 3.15 bits per heavy atom. The maximum atomic E-state index is 12.3. The zero-order chi connectivity index (χ0) is 13.7. The van der Waals surface area contributed by atoms with E-state index in [-0.39, 0.29) is 11.9 Å². The van der Waals surface area contributed by atoms with Gasteiger partial charge >= 0.3 is 0 Å². The first-order valence-corrected chi connectivity index (χ1v) is 7.40. The second kappa shape index (κ2) is 4.18. The van der Waals surface area contributed by atoms with Gasteiger partial charge in [-0.1, -0.05) is 6.07 Å². The number of nitrogens with zero attached hydrogens (tertiary/aromatic N) is 1. The summed E-state index contributed by atoms with van der Waals surface area (Å²) < 4.78 is 1.12. The van der Waals surface area contributed by atoms with Crippen molar-refractivity contribution in [2.75, 3.05) is 11.9 Å². The summed E-state index contributed by atoms with van der Waals surface area (Å²) in [4.78, 5) is 17.4. The molecular weight excluding hydrogens is 270 g/mol. The molecule has 0 fully saturated rings. The molecule has 2 N–H and O–H groups in total. The molecule has 3 aromatic rings. The Kier molecular flexibility index (Phi) is 2.44. The van der Waals surface area contributed by atoms with Gasteiger partial charge in [-0.25, -0.2) is 0 Å². The molecule has 100 valence electrons. The van der Waals surface area contributed by atoms with E-state index in [1.165, 1.54) is 11.3 Å². The third-order valence-electron chi connectivity index (χ3n) is 3.60. The average molecular weight is 283 g/mol. The van der Waals surface area contributed by atoms with Crippen molar-refractivity contribution in [2.45, 2.75) is 13.0 Å². The van der Waals surface area contributed by atoms with E-state index in [1.54, 1.807) is 6.20 Å². The number of aromatic nitrogens is 1. The van der Waals surface area contributed by atoms with Gasteiger partial charge < -0.3 is 10.6 Å². The number of pyridine rings is 1. The van der Waals surface area contributed by atoms with E-state index in [9.17, 15) is 4.79 Å². The molecule has 5 heteroatoms. The minimum atomic E-state index is 0.00994. The number of benzene rings is 1. The number of nitrogens with one attached hydrogen (secondary N) is 2. The lowest BCUT2D eigenvalue weighted by atomic mass is 10.1.